The highest BCUT2D eigenvalue weighted by Crippen LogP contribution is 2.26. The van der Waals surface area contributed by atoms with E-state index in [1.54, 1.807) is 23.5 Å². The first-order valence-electron chi connectivity index (χ1n) is 5.93. The maximum absolute atomic E-state index is 11.3. The number of aromatic nitrogens is 1. The first kappa shape index (κ1) is 13.5. The minimum Gasteiger partial charge on any atom is -0.507 e. The lowest BCUT2D eigenvalue weighted by atomic mass is 10.1. The van der Waals surface area contributed by atoms with Crippen LogP contribution in [0.25, 0.3) is 0 Å². The van der Waals surface area contributed by atoms with Crippen molar-refractivity contribution in [2.45, 2.75) is 20.4 Å². The topological polar surface area (TPSA) is 53.4 Å². The number of carbonyl (C=O) groups excluding carboxylic acids is 1. The van der Waals surface area contributed by atoms with E-state index in [0.29, 0.717) is 5.56 Å². The van der Waals surface area contributed by atoms with Crippen LogP contribution in [-0.2, 0) is 6.54 Å². The fourth-order valence-electron chi connectivity index (χ4n) is 1.84. The second-order valence-electron chi connectivity index (χ2n) is 4.47. The van der Waals surface area contributed by atoms with E-state index in [9.17, 15) is 9.90 Å². The van der Waals surface area contributed by atoms with Gasteiger partial charge in [0.25, 0.3) is 0 Å². The lowest BCUT2D eigenvalue weighted by Crippen LogP contribution is -2.16. The Morgan fingerprint density at radius 3 is 2.74 bits per heavy atom. The molecule has 0 fully saturated rings. The van der Waals surface area contributed by atoms with Crippen molar-refractivity contribution < 1.29 is 9.90 Å². The second-order valence-corrected chi connectivity index (χ2v) is 5.41. The molecule has 4 nitrogen and oxygen atoms in total. The first-order valence-corrected chi connectivity index (χ1v) is 6.81. The summed E-state index contributed by atoms with van der Waals surface area (Å²) >= 11 is 1.62. The highest BCUT2D eigenvalue weighted by molar-refractivity contribution is 7.09. The number of aryl methyl sites for hydroxylation is 1. The van der Waals surface area contributed by atoms with Gasteiger partial charge in [-0.2, -0.15) is 0 Å². The number of hydrogen-bond acceptors (Lipinski definition) is 5. The number of nitrogens with zero attached hydrogens (tertiary/aromatic N) is 2. The number of ketones is 1. The van der Waals surface area contributed by atoms with Gasteiger partial charge in [-0.3, -0.25) is 4.79 Å². The maximum atomic E-state index is 11.3. The summed E-state index contributed by atoms with van der Waals surface area (Å²) < 4.78 is 0. The van der Waals surface area contributed by atoms with E-state index in [1.165, 1.54) is 11.8 Å². The van der Waals surface area contributed by atoms with Gasteiger partial charge in [0.05, 0.1) is 23.3 Å². The van der Waals surface area contributed by atoms with Gasteiger partial charge in [-0.25, -0.2) is 4.98 Å². The molecule has 0 aliphatic rings. The molecule has 0 bridgehead atoms. The molecule has 2 rings (SSSR count). The van der Waals surface area contributed by atoms with Crippen molar-refractivity contribution in [2.75, 3.05) is 11.9 Å². The minimum atomic E-state index is -0.134. The highest BCUT2D eigenvalue weighted by Gasteiger charge is 2.11. The zero-order valence-electron chi connectivity index (χ0n) is 11.2. The molecule has 100 valence electrons. The molecule has 0 aliphatic carbocycles. The standard InChI is InChI=1S/C14H16N2O2S/c1-9-14(19-8-15-9)7-16(3)11-4-5-12(10(2)17)13(18)6-11/h4-6,8,18H,7H2,1-3H3. The van der Waals surface area contributed by atoms with Gasteiger partial charge in [0, 0.05) is 23.7 Å². The summed E-state index contributed by atoms with van der Waals surface area (Å²) in [6, 6.07) is 5.11. The summed E-state index contributed by atoms with van der Waals surface area (Å²) in [7, 11) is 1.95. The average molecular weight is 276 g/mol. The predicted molar refractivity (Wildman–Crippen MR) is 77.1 cm³/mol. The van der Waals surface area contributed by atoms with Gasteiger partial charge in [0.2, 0.25) is 0 Å². The highest BCUT2D eigenvalue weighted by atomic mass is 32.1. The lowest BCUT2D eigenvalue weighted by Gasteiger charge is -2.19. The van der Waals surface area contributed by atoms with Crippen LogP contribution in [-0.4, -0.2) is 22.9 Å². The molecule has 1 aromatic carbocycles. The smallest absolute Gasteiger partial charge is 0.163 e. The van der Waals surface area contributed by atoms with Gasteiger partial charge in [0.15, 0.2) is 5.78 Å². The fraction of sp³-hybridized carbons (Fsp3) is 0.286. The molecule has 0 saturated heterocycles. The van der Waals surface area contributed by atoms with Gasteiger partial charge in [-0.15, -0.1) is 11.3 Å². The number of carbonyl (C=O) groups is 1. The number of aromatic hydroxyl groups is 1. The summed E-state index contributed by atoms with van der Waals surface area (Å²) in [5.41, 5.74) is 4.08. The van der Waals surface area contributed by atoms with Crippen LogP contribution in [0.5, 0.6) is 5.75 Å². The number of hydrogen-bond donors (Lipinski definition) is 1. The first-order chi connectivity index (χ1) is 8.99. The normalized spacial score (nSPS) is 10.5. The van der Waals surface area contributed by atoms with E-state index in [1.807, 2.05) is 30.4 Å². The number of Topliss-reactive ketones (excluding diaryl/α,β-unsaturated/α-hetero) is 1. The molecule has 1 aromatic heterocycles. The molecule has 0 unspecified atom stereocenters. The number of phenolic OH excluding ortho intramolecular Hbond substituents is 1. The Morgan fingerprint density at radius 2 is 2.21 bits per heavy atom. The molecule has 0 amide bonds. The van der Waals surface area contributed by atoms with Crippen LogP contribution in [0.1, 0.15) is 27.9 Å². The molecule has 0 spiro atoms. The van der Waals surface area contributed by atoms with Crippen LogP contribution in [0.2, 0.25) is 0 Å². The number of phenols is 1. The molecule has 1 heterocycles. The third kappa shape index (κ3) is 2.93. The van der Waals surface area contributed by atoms with Crippen molar-refractivity contribution in [2.24, 2.45) is 0 Å². The molecule has 0 radical (unpaired) electrons. The predicted octanol–water partition coefficient (Wildman–Crippen LogP) is 3.00. The Labute approximate surface area is 116 Å². The van der Waals surface area contributed by atoms with Crippen LogP contribution in [0, 0.1) is 6.92 Å². The third-order valence-electron chi connectivity index (χ3n) is 3.03. The molecular weight excluding hydrogens is 260 g/mol. The van der Waals surface area contributed by atoms with Crippen molar-refractivity contribution >= 4 is 22.8 Å². The zero-order chi connectivity index (χ0) is 14.0. The Kier molecular flexibility index (Phi) is 3.85. The molecule has 1 N–H and O–H groups in total. The van der Waals surface area contributed by atoms with Gasteiger partial charge in [-0.1, -0.05) is 0 Å². The molecule has 5 heteroatoms. The Balaban J connectivity index is 2.20. The second kappa shape index (κ2) is 5.40. The van der Waals surface area contributed by atoms with E-state index in [-0.39, 0.29) is 11.5 Å². The van der Waals surface area contributed by atoms with Crippen molar-refractivity contribution in [3.05, 3.63) is 39.8 Å². The summed E-state index contributed by atoms with van der Waals surface area (Å²) in [5, 5.41) is 9.83. The van der Waals surface area contributed by atoms with Crippen LogP contribution in [0.15, 0.2) is 23.7 Å². The van der Waals surface area contributed by atoms with Gasteiger partial charge < -0.3 is 10.0 Å². The fourth-order valence-corrected chi connectivity index (χ4v) is 2.67. The molecule has 2 aromatic rings. The quantitative estimate of drug-likeness (QED) is 0.872. The largest absolute Gasteiger partial charge is 0.507 e. The van der Waals surface area contributed by atoms with Gasteiger partial charge >= 0.3 is 0 Å². The Hall–Kier alpha value is -1.88. The van der Waals surface area contributed by atoms with Crippen molar-refractivity contribution in [1.82, 2.24) is 4.98 Å². The van der Waals surface area contributed by atoms with Crippen molar-refractivity contribution in [3.63, 3.8) is 0 Å². The van der Waals surface area contributed by atoms with E-state index in [2.05, 4.69) is 4.98 Å². The van der Waals surface area contributed by atoms with Gasteiger partial charge in [0.1, 0.15) is 5.75 Å². The molecule has 0 aliphatic heterocycles. The van der Waals surface area contributed by atoms with Crippen LogP contribution in [0.4, 0.5) is 5.69 Å². The van der Waals surface area contributed by atoms with Crippen LogP contribution in [0.3, 0.4) is 0 Å². The lowest BCUT2D eigenvalue weighted by molar-refractivity contribution is 0.101. The Morgan fingerprint density at radius 1 is 1.47 bits per heavy atom. The van der Waals surface area contributed by atoms with Crippen LogP contribution < -0.4 is 4.90 Å². The third-order valence-corrected chi connectivity index (χ3v) is 3.95. The van der Waals surface area contributed by atoms with E-state index in [0.717, 1.165) is 17.9 Å². The molecule has 0 saturated carbocycles. The van der Waals surface area contributed by atoms with Crippen molar-refractivity contribution in [1.29, 1.82) is 0 Å². The summed E-state index contributed by atoms with van der Waals surface area (Å²) in [6.07, 6.45) is 0. The van der Waals surface area contributed by atoms with Crippen LogP contribution >= 0.6 is 11.3 Å². The Bertz CT molecular complexity index is 607. The van der Waals surface area contributed by atoms with Gasteiger partial charge in [-0.05, 0) is 26.0 Å². The maximum Gasteiger partial charge on any atom is 0.163 e. The number of anilines is 1. The van der Waals surface area contributed by atoms with E-state index < -0.39 is 0 Å². The van der Waals surface area contributed by atoms with Crippen molar-refractivity contribution in [3.8, 4) is 5.75 Å². The summed E-state index contributed by atoms with van der Waals surface area (Å²) in [4.78, 5) is 18.7. The minimum absolute atomic E-state index is 0.0258. The SMILES string of the molecule is CC(=O)c1ccc(N(C)Cc2scnc2C)cc1O. The monoisotopic (exact) mass is 276 g/mol. The number of rotatable bonds is 4. The zero-order valence-corrected chi connectivity index (χ0v) is 12.0. The number of benzene rings is 1. The summed E-state index contributed by atoms with van der Waals surface area (Å²) in [6.45, 7) is 4.16. The molecule has 0 atom stereocenters. The molecule has 19 heavy (non-hydrogen) atoms. The number of thiazole rings is 1. The van der Waals surface area contributed by atoms with E-state index in [4.69, 9.17) is 0 Å². The summed E-state index contributed by atoms with van der Waals surface area (Å²) in [5.74, 6) is -0.108. The average Bonchev–Trinajstić information content (AvgIpc) is 2.74. The molecular formula is C14H16N2O2S. The van der Waals surface area contributed by atoms with E-state index >= 15 is 0 Å².